The number of benzene rings is 1. The minimum Gasteiger partial charge on any atom is -0.381 e. The van der Waals surface area contributed by atoms with E-state index in [1.807, 2.05) is 11.8 Å². The van der Waals surface area contributed by atoms with Crippen LogP contribution in [0.5, 0.6) is 0 Å². The molecule has 1 aromatic rings. The number of rotatable bonds is 2. The van der Waals surface area contributed by atoms with Crippen molar-refractivity contribution in [2.75, 3.05) is 16.8 Å². The van der Waals surface area contributed by atoms with Crippen LogP contribution in [0.15, 0.2) is 22.7 Å². The van der Waals surface area contributed by atoms with Crippen molar-refractivity contribution in [3.63, 3.8) is 0 Å². The number of thioether (sulfide) groups is 1. The van der Waals surface area contributed by atoms with Gasteiger partial charge in [0.15, 0.2) is 0 Å². The maximum atomic E-state index is 3.59. The molecule has 0 radical (unpaired) electrons. The summed E-state index contributed by atoms with van der Waals surface area (Å²) in [6, 6.07) is 7.07. The van der Waals surface area contributed by atoms with Crippen LogP contribution in [0.25, 0.3) is 0 Å². The lowest BCUT2D eigenvalue weighted by Gasteiger charge is -2.15. The van der Waals surface area contributed by atoms with Crippen molar-refractivity contribution in [3.05, 3.63) is 28.2 Å². The lowest BCUT2D eigenvalue weighted by Crippen LogP contribution is -2.18. The molecule has 1 fully saturated rings. The molecule has 3 heteroatoms. The first-order valence-corrected chi connectivity index (χ1v) is 6.81. The first-order valence-electron chi connectivity index (χ1n) is 4.86. The van der Waals surface area contributed by atoms with Gasteiger partial charge in [0, 0.05) is 22.0 Å². The second-order valence-electron chi connectivity index (χ2n) is 3.66. The molecule has 1 saturated heterocycles. The van der Waals surface area contributed by atoms with E-state index in [-0.39, 0.29) is 0 Å². The van der Waals surface area contributed by atoms with Crippen LogP contribution < -0.4 is 5.32 Å². The van der Waals surface area contributed by atoms with E-state index in [1.165, 1.54) is 29.2 Å². The van der Waals surface area contributed by atoms with Crippen LogP contribution in [-0.2, 0) is 0 Å². The Kier molecular flexibility index (Phi) is 3.39. The molecule has 0 unspecified atom stereocenters. The van der Waals surface area contributed by atoms with Crippen molar-refractivity contribution in [2.45, 2.75) is 19.4 Å². The molecular weight excluding hydrogens is 258 g/mol. The molecule has 1 aliphatic heterocycles. The third-order valence-corrected chi connectivity index (χ3v) is 4.13. The predicted octanol–water partition coefficient (Wildman–Crippen LogP) is 3.67. The van der Waals surface area contributed by atoms with Crippen molar-refractivity contribution < 1.29 is 0 Å². The standard InChI is InChI=1S/C11H14BrNS/c1-8-6-9(12)2-3-11(8)13-10-4-5-14-7-10/h2-3,6,10,13H,4-5,7H2,1H3/t10-/m1/s1. The summed E-state index contributed by atoms with van der Waals surface area (Å²) in [6.07, 6.45) is 1.29. The van der Waals surface area contributed by atoms with Crippen molar-refractivity contribution in [3.8, 4) is 0 Å². The van der Waals surface area contributed by atoms with E-state index in [0.717, 1.165) is 4.47 Å². The topological polar surface area (TPSA) is 12.0 Å². The normalized spacial score (nSPS) is 21.1. The molecule has 0 spiro atoms. The summed E-state index contributed by atoms with van der Waals surface area (Å²) in [4.78, 5) is 0. The highest BCUT2D eigenvalue weighted by atomic mass is 79.9. The molecule has 1 aromatic carbocycles. The fourth-order valence-electron chi connectivity index (χ4n) is 1.66. The average molecular weight is 272 g/mol. The molecule has 0 bridgehead atoms. The van der Waals surface area contributed by atoms with Gasteiger partial charge in [0.1, 0.15) is 0 Å². The zero-order valence-corrected chi connectivity index (χ0v) is 10.6. The van der Waals surface area contributed by atoms with Crippen LogP contribution in [0.2, 0.25) is 0 Å². The lowest BCUT2D eigenvalue weighted by atomic mass is 10.1. The average Bonchev–Trinajstić information content (AvgIpc) is 2.62. The number of hydrogen-bond acceptors (Lipinski definition) is 2. The summed E-state index contributed by atoms with van der Waals surface area (Å²) in [5, 5.41) is 3.59. The molecule has 0 saturated carbocycles. The van der Waals surface area contributed by atoms with Crippen LogP contribution in [0.3, 0.4) is 0 Å². The van der Waals surface area contributed by atoms with Crippen LogP contribution in [-0.4, -0.2) is 17.5 Å². The molecule has 1 nitrogen and oxygen atoms in total. The molecule has 2 rings (SSSR count). The van der Waals surface area contributed by atoms with Gasteiger partial charge in [-0.2, -0.15) is 11.8 Å². The molecular formula is C11H14BrNS. The first-order chi connectivity index (χ1) is 6.75. The van der Waals surface area contributed by atoms with Crippen molar-refractivity contribution in [2.24, 2.45) is 0 Å². The maximum absolute atomic E-state index is 3.59. The summed E-state index contributed by atoms with van der Waals surface area (Å²) in [5.41, 5.74) is 2.59. The summed E-state index contributed by atoms with van der Waals surface area (Å²) in [7, 11) is 0. The van der Waals surface area contributed by atoms with Crippen LogP contribution >= 0.6 is 27.7 Å². The van der Waals surface area contributed by atoms with Gasteiger partial charge in [0.2, 0.25) is 0 Å². The number of nitrogens with one attached hydrogen (secondary N) is 1. The predicted molar refractivity (Wildman–Crippen MR) is 68.2 cm³/mol. The quantitative estimate of drug-likeness (QED) is 0.881. The van der Waals surface area contributed by atoms with E-state index in [2.05, 4.69) is 46.4 Å². The third-order valence-electron chi connectivity index (χ3n) is 2.48. The summed E-state index contributed by atoms with van der Waals surface area (Å²) >= 11 is 5.52. The second-order valence-corrected chi connectivity index (χ2v) is 5.73. The maximum Gasteiger partial charge on any atom is 0.0373 e. The van der Waals surface area contributed by atoms with E-state index >= 15 is 0 Å². The summed E-state index contributed by atoms with van der Waals surface area (Å²) < 4.78 is 1.15. The van der Waals surface area contributed by atoms with Gasteiger partial charge >= 0.3 is 0 Å². The Morgan fingerprint density at radius 3 is 3.00 bits per heavy atom. The highest BCUT2D eigenvalue weighted by Crippen LogP contribution is 2.25. The minimum absolute atomic E-state index is 0.667. The smallest absolute Gasteiger partial charge is 0.0373 e. The van der Waals surface area contributed by atoms with E-state index in [4.69, 9.17) is 0 Å². The third kappa shape index (κ3) is 2.45. The fraction of sp³-hybridized carbons (Fsp3) is 0.455. The summed E-state index contributed by atoms with van der Waals surface area (Å²) in [5.74, 6) is 2.54. The zero-order valence-electron chi connectivity index (χ0n) is 8.22. The highest BCUT2D eigenvalue weighted by Gasteiger charge is 2.15. The van der Waals surface area contributed by atoms with Crippen LogP contribution in [0, 0.1) is 6.92 Å². The van der Waals surface area contributed by atoms with Crippen LogP contribution in [0.4, 0.5) is 5.69 Å². The Bertz CT molecular complexity index is 321. The van der Waals surface area contributed by atoms with Crippen LogP contribution in [0.1, 0.15) is 12.0 Å². The fourth-order valence-corrected chi connectivity index (χ4v) is 3.29. The Hall–Kier alpha value is -0.150. The van der Waals surface area contributed by atoms with Crippen molar-refractivity contribution in [1.29, 1.82) is 0 Å². The Morgan fingerprint density at radius 1 is 1.50 bits per heavy atom. The van der Waals surface area contributed by atoms with Gasteiger partial charge in [-0.05, 0) is 42.9 Å². The van der Waals surface area contributed by atoms with Gasteiger partial charge in [-0.1, -0.05) is 15.9 Å². The molecule has 0 amide bonds. The van der Waals surface area contributed by atoms with Gasteiger partial charge in [0.25, 0.3) is 0 Å². The molecule has 1 aliphatic rings. The summed E-state index contributed by atoms with van der Waals surface area (Å²) in [6.45, 7) is 2.15. The number of hydrogen-bond donors (Lipinski definition) is 1. The van der Waals surface area contributed by atoms with Crippen molar-refractivity contribution in [1.82, 2.24) is 0 Å². The van der Waals surface area contributed by atoms with Gasteiger partial charge in [0.05, 0.1) is 0 Å². The van der Waals surface area contributed by atoms with Gasteiger partial charge in [-0.15, -0.1) is 0 Å². The minimum atomic E-state index is 0.667. The van der Waals surface area contributed by atoms with Crippen molar-refractivity contribution >= 4 is 33.4 Å². The van der Waals surface area contributed by atoms with E-state index in [1.54, 1.807) is 0 Å². The zero-order chi connectivity index (χ0) is 9.97. The molecule has 0 aromatic heterocycles. The first kappa shape index (κ1) is 10.4. The largest absolute Gasteiger partial charge is 0.381 e. The van der Waals surface area contributed by atoms with E-state index in [0.29, 0.717) is 6.04 Å². The molecule has 0 aliphatic carbocycles. The van der Waals surface area contributed by atoms with Gasteiger partial charge < -0.3 is 5.32 Å². The van der Waals surface area contributed by atoms with E-state index in [9.17, 15) is 0 Å². The molecule has 1 atom stereocenters. The Balaban J connectivity index is 2.08. The number of aryl methyl sites for hydroxylation is 1. The Labute approximate surface area is 97.8 Å². The molecule has 1 N–H and O–H groups in total. The monoisotopic (exact) mass is 271 g/mol. The van der Waals surface area contributed by atoms with Gasteiger partial charge in [-0.25, -0.2) is 0 Å². The SMILES string of the molecule is Cc1cc(Br)ccc1N[C@@H]1CCSC1. The highest BCUT2D eigenvalue weighted by molar-refractivity contribution is 9.10. The molecule has 1 heterocycles. The second kappa shape index (κ2) is 4.58. The lowest BCUT2D eigenvalue weighted by molar-refractivity contribution is 0.812. The Morgan fingerprint density at radius 2 is 2.36 bits per heavy atom. The molecule has 76 valence electrons. The number of anilines is 1. The van der Waals surface area contributed by atoms with Gasteiger partial charge in [-0.3, -0.25) is 0 Å². The number of halogens is 1. The van der Waals surface area contributed by atoms with E-state index < -0.39 is 0 Å². The molecule has 14 heavy (non-hydrogen) atoms.